The summed E-state index contributed by atoms with van der Waals surface area (Å²) in [4.78, 5) is 0. The Hall–Kier alpha value is -2.26. The molecular formula is C14H21N7OSi. The number of nitrogens with two attached hydrogens (primary N) is 1. The van der Waals surface area contributed by atoms with E-state index >= 15 is 0 Å². The van der Waals surface area contributed by atoms with Gasteiger partial charge in [-0.2, -0.15) is 5.10 Å². The minimum atomic E-state index is -1.10. The Balaban J connectivity index is 1.86. The zero-order chi connectivity index (χ0) is 16.4. The number of H-pyrrole nitrogens is 1. The van der Waals surface area contributed by atoms with E-state index in [1.165, 1.54) is 0 Å². The first-order valence-electron chi connectivity index (χ1n) is 7.52. The molecule has 0 fully saturated rings. The molecule has 1 aromatic carbocycles. The fraction of sp³-hybridized carbons (Fsp3) is 0.429. The van der Waals surface area contributed by atoms with Crippen LogP contribution in [0.5, 0.6) is 0 Å². The number of anilines is 1. The van der Waals surface area contributed by atoms with Crippen molar-refractivity contribution in [3.8, 4) is 11.5 Å². The average molecular weight is 331 g/mol. The highest BCUT2D eigenvalue weighted by Crippen LogP contribution is 2.27. The number of ether oxygens (including phenoxy) is 1. The summed E-state index contributed by atoms with van der Waals surface area (Å²) in [5.74, 6) is 0.515. The van der Waals surface area contributed by atoms with Crippen LogP contribution in [-0.4, -0.2) is 45.1 Å². The topological polar surface area (TPSA) is 108 Å². The summed E-state index contributed by atoms with van der Waals surface area (Å²) in [6, 6.07) is 6.79. The van der Waals surface area contributed by atoms with Crippen LogP contribution in [0.1, 0.15) is 0 Å². The van der Waals surface area contributed by atoms with E-state index < -0.39 is 8.07 Å². The highest BCUT2D eigenvalue weighted by atomic mass is 28.3. The number of tetrazole rings is 1. The van der Waals surface area contributed by atoms with E-state index in [4.69, 9.17) is 10.5 Å². The van der Waals surface area contributed by atoms with Gasteiger partial charge in [0, 0.05) is 25.8 Å². The monoisotopic (exact) mass is 331 g/mol. The van der Waals surface area contributed by atoms with Crippen molar-refractivity contribution in [2.75, 3.05) is 12.3 Å². The average Bonchev–Trinajstić information content (AvgIpc) is 3.09. The third-order valence-electron chi connectivity index (χ3n) is 3.55. The maximum atomic E-state index is 5.90. The summed E-state index contributed by atoms with van der Waals surface area (Å²) in [7, 11) is -1.10. The van der Waals surface area contributed by atoms with Crippen LogP contribution in [0.25, 0.3) is 22.4 Å². The lowest BCUT2D eigenvalue weighted by Crippen LogP contribution is -2.22. The molecule has 0 amide bonds. The fourth-order valence-electron chi connectivity index (χ4n) is 2.26. The van der Waals surface area contributed by atoms with E-state index in [0.717, 1.165) is 23.6 Å². The Kier molecular flexibility index (Phi) is 4.14. The van der Waals surface area contributed by atoms with Gasteiger partial charge in [0.2, 0.25) is 5.82 Å². The molecule has 0 saturated carbocycles. The van der Waals surface area contributed by atoms with Crippen LogP contribution in [0, 0.1) is 0 Å². The molecule has 3 rings (SSSR count). The van der Waals surface area contributed by atoms with Crippen LogP contribution in [-0.2, 0) is 11.5 Å². The van der Waals surface area contributed by atoms with E-state index in [0.29, 0.717) is 23.9 Å². The third-order valence-corrected chi connectivity index (χ3v) is 5.26. The Morgan fingerprint density at radius 1 is 1.30 bits per heavy atom. The van der Waals surface area contributed by atoms with Gasteiger partial charge in [0.25, 0.3) is 0 Å². The van der Waals surface area contributed by atoms with Gasteiger partial charge in [0.15, 0.2) is 0 Å². The van der Waals surface area contributed by atoms with Crippen LogP contribution in [0.2, 0.25) is 25.7 Å². The van der Waals surface area contributed by atoms with Crippen molar-refractivity contribution >= 4 is 24.7 Å². The van der Waals surface area contributed by atoms with Crippen molar-refractivity contribution in [3.63, 3.8) is 0 Å². The summed E-state index contributed by atoms with van der Waals surface area (Å²) >= 11 is 0. The highest BCUT2D eigenvalue weighted by molar-refractivity contribution is 6.76. The molecule has 0 bridgehead atoms. The number of aromatic nitrogens is 6. The smallest absolute Gasteiger partial charge is 0.200 e. The number of nitrogen functional groups attached to an aromatic ring is 1. The molecule has 23 heavy (non-hydrogen) atoms. The largest absolute Gasteiger partial charge is 0.399 e. The lowest BCUT2D eigenvalue weighted by Gasteiger charge is -2.15. The van der Waals surface area contributed by atoms with Gasteiger partial charge in [-0.1, -0.05) is 19.6 Å². The molecular weight excluding hydrogens is 310 g/mol. The SMILES string of the molecule is C[Si](C)(C)CCOCn1nc(-c2nnn[nH]2)c2cc(N)ccc21. The molecule has 0 radical (unpaired) electrons. The first kappa shape index (κ1) is 15.6. The zero-order valence-electron chi connectivity index (χ0n) is 13.6. The van der Waals surface area contributed by atoms with E-state index in [1.807, 2.05) is 22.9 Å². The molecule has 0 spiro atoms. The molecule has 0 atom stereocenters. The van der Waals surface area contributed by atoms with Gasteiger partial charge >= 0.3 is 0 Å². The Morgan fingerprint density at radius 2 is 2.13 bits per heavy atom. The van der Waals surface area contributed by atoms with E-state index in [1.54, 1.807) is 0 Å². The number of benzene rings is 1. The number of nitrogens with zero attached hydrogens (tertiary/aromatic N) is 5. The lowest BCUT2D eigenvalue weighted by molar-refractivity contribution is 0.0818. The molecule has 8 nitrogen and oxygen atoms in total. The van der Waals surface area contributed by atoms with Crippen LogP contribution < -0.4 is 5.73 Å². The van der Waals surface area contributed by atoms with Crippen molar-refractivity contribution < 1.29 is 4.74 Å². The first-order chi connectivity index (χ1) is 10.9. The number of fused-ring (bicyclic) bond motifs is 1. The van der Waals surface area contributed by atoms with Crippen LogP contribution >= 0.6 is 0 Å². The summed E-state index contributed by atoms with van der Waals surface area (Å²) in [6.07, 6.45) is 0. The highest BCUT2D eigenvalue weighted by Gasteiger charge is 2.16. The standard InChI is InChI=1S/C14H21N7OSi/c1-23(2,3)7-6-22-9-21-12-5-4-10(15)8-11(12)13(18-21)14-16-19-20-17-14/h4-5,8H,6-7,9,15H2,1-3H3,(H,16,17,19,20). The Labute approximate surface area is 135 Å². The van der Waals surface area contributed by atoms with Crippen molar-refractivity contribution in [1.82, 2.24) is 30.4 Å². The van der Waals surface area contributed by atoms with E-state index in [2.05, 4.69) is 45.4 Å². The minimum absolute atomic E-state index is 0.395. The predicted molar refractivity (Wildman–Crippen MR) is 91.4 cm³/mol. The molecule has 9 heteroatoms. The first-order valence-corrected chi connectivity index (χ1v) is 11.2. The molecule has 2 heterocycles. The van der Waals surface area contributed by atoms with Crippen molar-refractivity contribution in [2.24, 2.45) is 0 Å². The zero-order valence-corrected chi connectivity index (χ0v) is 14.6. The number of aromatic amines is 1. The normalized spacial score (nSPS) is 12.1. The van der Waals surface area contributed by atoms with Gasteiger partial charge in [-0.25, -0.2) is 9.78 Å². The van der Waals surface area contributed by atoms with Crippen LogP contribution in [0.3, 0.4) is 0 Å². The second kappa shape index (κ2) is 6.09. The maximum absolute atomic E-state index is 5.90. The summed E-state index contributed by atoms with van der Waals surface area (Å²) in [5.41, 5.74) is 8.19. The molecule has 122 valence electrons. The summed E-state index contributed by atoms with van der Waals surface area (Å²) in [6.45, 7) is 8.13. The second-order valence-electron chi connectivity index (χ2n) is 6.72. The maximum Gasteiger partial charge on any atom is 0.200 e. The Bertz CT molecular complexity index is 791. The molecule has 0 saturated heterocycles. The fourth-order valence-corrected chi connectivity index (χ4v) is 3.02. The number of nitrogens with one attached hydrogen (secondary N) is 1. The molecule has 3 aromatic rings. The lowest BCUT2D eigenvalue weighted by atomic mass is 10.2. The van der Waals surface area contributed by atoms with Gasteiger partial charge in [-0.05, 0) is 34.7 Å². The summed E-state index contributed by atoms with van der Waals surface area (Å²) in [5, 5.41) is 19.4. The van der Waals surface area contributed by atoms with Gasteiger partial charge in [0.1, 0.15) is 12.4 Å². The minimum Gasteiger partial charge on any atom is -0.399 e. The van der Waals surface area contributed by atoms with Gasteiger partial charge in [0.05, 0.1) is 5.52 Å². The third kappa shape index (κ3) is 3.56. The number of hydrogen-bond donors (Lipinski definition) is 2. The molecule has 0 aliphatic rings. The van der Waals surface area contributed by atoms with Gasteiger partial charge < -0.3 is 10.5 Å². The van der Waals surface area contributed by atoms with Crippen molar-refractivity contribution in [1.29, 1.82) is 0 Å². The number of rotatable bonds is 6. The van der Waals surface area contributed by atoms with Crippen molar-refractivity contribution in [3.05, 3.63) is 18.2 Å². The van der Waals surface area contributed by atoms with Gasteiger partial charge in [-0.3, -0.25) is 0 Å². The second-order valence-corrected chi connectivity index (χ2v) is 12.3. The summed E-state index contributed by atoms with van der Waals surface area (Å²) < 4.78 is 7.62. The predicted octanol–water partition coefficient (Wildman–Crippen LogP) is 2.11. The van der Waals surface area contributed by atoms with E-state index in [-0.39, 0.29) is 0 Å². The molecule has 0 aliphatic heterocycles. The van der Waals surface area contributed by atoms with Crippen LogP contribution in [0.4, 0.5) is 5.69 Å². The molecule has 3 N–H and O–H groups in total. The van der Waals surface area contributed by atoms with Crippen molar-refractivity contribution in [2.45, 2.75) is 32.4 Å². The van der Waals surface area contributed by atoms with Gasteiger partial charge in [-0.15, -0.1) is 5.10 Å². The Morgan fingerprint density at radius 3 is 2.83 bits per heavy atom. The molecule has 0 aliphatic carbocycles. The number of hydrogen-bond acceptors (Lipinski definition) is 6. The van der Waals surface area contributed by atoms with E-state index in [9.17, 15) is 0 Å². The quantitative estimate of drug-likeness (QED) is 0.407. The molecule has 0 unspecified atom stereocenters. The van der Waals surface area contributed by atoms with Crippen LogP contribution in [0.15, 0.2) is 18.2 Å². The molecule has 2 aromatic heterocycles.